The molecule has 3 N–H and O–H groups in total. The largest absolute Gasteiger partial charge is 0.496 e. The van der Waals surface area contributed by atoms with E-state index in [2.05, 4.69) is 25.7 Å². The quantitative estimate of drug-likeness (QED) is 0.585. The first kappa shape index (κ1) is 18.0. The Balaban J connectivity index is 1.84. The molecule has 0 fully saturated rings. The van der Waals surface area contributed by atoms with Crippen molar-refractivity contribution in [2.24, 2.45) is 7.05 Å². The first-order chi connectivity index (χ1) is 12.6. The number of hydrogen-bond donors (Lipinski definition) is 3. The van der Waals surface area contributed by atoms with Crippen LogP contribution in [0, 0.1) is 0 Å². The van der Waals surface area contributed by atoms with Crippen molar-refractivity contribution in [2.45, 2.75) is 6.04 Å². The number of benzene rings is 1. The molecule has 0 spiro atoms. The van der Waals surface area contributed by atoms with E-state index in [-0.39, 0.29) is 6.61 Å². The Bertz CT molecular complexity index is 885. The minimum atomic E-state index is -0.440. The van der Waals surface area contributed by atoms with Gasteiger partial charge in [-0.1, -0.05) is 29.8 Å². The lowest BCUT2D eigenvalue weighted by atomic mass is 10.1. The number of nitrogens with one attached hydrogen (secondary N) is 2. The van der Waals surface area contributed by atoms with E-state index in [0.29, 0.717) is 22.5 Å². The molecule has 3 rings (SSSR count). The lowest BCUT2D eigenvalue weighted by Gasteiger charge is -2.20. The number of aryl methyl sites for hydroxylation is 1. The summed E-state index contributed by atoms with van der Waals surface area (Å²) in [6.45, 7) is -0.161. The molecule has 3 aromatic rings. The van der Waals surface area contributed by atoms with Crippen LogP contribution in [0.2, 0.25) is 5.02 Å². The number of halogens is 1. The highest BCUT2D eigenvalue weighted by Crippen LogP contribution is 2.30. The highest BCUT2D eigenvalue weighted by atomic mass is 35.5. The normalized spacial score (nSPS) is 11.8. The van der Waals surface area contributed by atoms with Gasteiger partial charge in [0.1, 0.15) is 10.8 Å². The van der Waals surface area contributed by atoms with E-state index < -0.39 is 6.04 Å². The molecule has 2 heterocycles. The second-order valence-electron chi connectivity index (χ2n) is 5.54. The first-order valence-corrected chi connectivity index (χ1v) is 8.27. The Morgan fingerprint density at radius 1 is 1.31 bits per heavy atom. The van der Waals surface area contributed by atoms with Gasteiger partial charge < -0.3 is 20.5 Å². The average Bonchev–Trinajstić information content (AvgIpc) is 3.06. The lowest BCUT2D eigenvalue weighted by Crippen LogP contribution is -2.17. The van der Waals surface area contributed by atoms with Crippen molar-refractivity contribution >= 4 is 29.1 Å². The lowest BCUT2D eigenvalue weighted by molar-refractivity contribution is 0.273. The van der Waals surface area contributed by atoms with Gasteiger partial charge in [-0.15, -0.1) is 0 Å². The van der Waals surface area contributed by atoms with Crippen LogP contribution in [0.1, 0.15) is 11.6 Å². The van der Waals surface area contributed by atoms with E-state index in [1.807, 2.05) is 31.3 Å². The molecule has 9 heteroatoms. The molecular formula is C17H19ClN6O2. The standard InChI is InChI=1S/C17H19ClN6O2/c1-24-9-11(7-20-24)21-17-19-8-13(18)16(23-17)22-14(10-25)12-5-3-4-6-15(12)26-2/h3-9,14,25H,10H2,1-2H3,(H2,19,21,22,23). The minimum absolute atomic E-state index is 0.161. The maximum absolute atomic E-state index is 9.83. The summed E-state index contributed by atoms with van der Waals surface area (Å²) < 4.78 is 7.03. The summed E-state index contributed by atoms with van der Waals surface area (Å²) >= 11 is 6.22. The topological polar surface area (TPSA) is 97.1 Å². The molecule has 1 atom stereocenters. The predicted molar refractivity (Wildman–Crippen MR) is 100.0 cm³/mol. The van der Waals surface area contributed by atoms with Gasteiger partial charge in [0.25, 0.3) is 0 Å². The molecule has 26 heavy (non-hydrogen) atoms. The molecular weight excluding hydrogens is 356 g/mol. The molecule has 0 aliphatic rings. The number of para-hydroxylation sites is 1. The zero-order valence-electron chi connectivity index (χ0n) is 14.3. The third kappa shape index (κ3) is 4.04. The number of hydrogen-bond acceptors (Lipinski definition) is 7. The molecule has 0 radical (unpaired) electrons. The summed E-state index contributed by atoms with van der Waals surface area (Å²) in [6, 6.07) is 7.00. The Hall–Kier alpha value is -2.84. The first-order valence-electron chi connectivity index (χ1n) is 7.89. The number of aliphatic hydroxyl groups is 1. The van der Waals surface area contributed by atoms with Gasteiger partial charge in [0.05, 0.1) is 37.8 Å². The fourth-order valence-electron chi connectivity index (χ4n) is 2.48. The van der Waals surface area contributed by atoms with Crippen molar-refractivity contribution in [1.29, 1.82) is 0 Å². The highest BCUT2D eigenvalue weighted by Gasteiger charge is 2.17. The Labute approximate surface area is 155 Å². The summed E-state index contributed by atoms with van der Waals surface area (Å²) in [5, 5.41) is 20.5. The van der Waals surface area contributed by atoms with Crippen LogP contribution in [-0.2, 0) is 7.05 Å². The van der Waals surface area contributed by atoms with E-state index in [9.17, 15) is 5.11 Å². The molecule has 0 saturated heterocycles. The number of ether oxygens (including phenoxy) is 1. The van der Waals surface area contributed by atoms with Crippen LogP contribution in [0.25, 0.3) is 0 Å². The summed E-state index contributed by atoms with van der Waals surface area (Å²) in [4.78, 5) is 8.56. The predicted octanol–water partition coefficient (Wildman–Crippen LogP) is 2.76. The van der Waals surface area contributed by atoms with Crippen LogP contribution in [-0.4, -0.2) is 38.6 Å². The smallest absolute Gasteiger partial charge is 0.229 e. The van der Waals surface area contributed by atoms with Crippen molar-refractivity contribution in [1.82, 2.24) is 19.7 Å². The molecule has 8 nitrogen and oxygen atoms in total. The number of rotatable bonds is 7. The molecule has 0 amide bonds. The number of nitrogens with zero attached hydrogens (tertiary/aromatic N) is 4. The fraction of sp³-hybridized carbons (Fsp3) is 0.235. The zero-order valence-corrected chi connectivity index (χ0v) is 15.1. The van der Waals surface area contributed by atoms with E-state index in [1.165, 1.54) is 6.20 Å². The minimum Gasteiger partial charge on any atom is -0.496 e. The monoisotopic (exact) mass is 374 g/mol. The number of anilines is 3. The van der Waals surface area contributed by atoms with Crippen LogP contribution < -0.4 is 15.4 Å². The van der Waals surface area contributed by atoms with Gasteiger partial charge in [-0.05, 0) is 6.07 Å². The Kier molecular flexibility index (Phi) is 5.55. The molecule has 1 aromatic carbocycles. The summed E-state index contributed by atoms with van der Waals surface area (Å²) in [6.07, 6.45) is 4.96. The molecule has 1 unspecified atom stereocenters. The van der Waals surface area contributed by atoms with Crippen molar-refractivity contribution in [2.75, 3.05) is 24.4 Å². The highest BCUT2D eigenvalue weighted by molar-refractivity contribution is 6.32. The van der Waals surface area contributed by atoms with Crippen LogP contribution in [0.3, 0.4) is 0 Å². The second-order valence-corrected chi connectivity index (χ2v) is 5.95. The van der Waals surface area contributed by atoms with Gasteiger partial charge in [-0.3, -0.25) is 4.68 Å². The second kappa shape index (κ2) is 8.03. The van der Waals surface area contributed by atoms with Crippen molar-refractivity contribution < 1.29 is 9.84 Å². The van der Waals surface area contributed by atoms with Crippen molar-refractivity contribution in [3.63, 3.8) is 0 Å². The average molecular weight is 375 g/mol. The molecule has 0 aliphatic carbocycles. The van der Waals surface area contributed by atoms with Gasteiger partial charge >= 0.3 is 0 Å². The van der Waals surface area contributed by atoms with Gasteiger partial charge in [0, 0.05) is 18.8 Å². The van der Waals surface area contributed by atoms with Crippen LogP contribution in [0.5, 0.6) is 5.75 Å². The van der Waals surface area contributed by atoms with Gasteiger partial charge in [0.2, 0.25) is 5.95 Å². The molecule has 0 aliphatic heterocycles. The van der Waals surface area contributed by atoms with E-state index in [0.717, 1.165) is 11.3 Å². The van der Waals surface area contributed by atoms with Gasteiger partial charge in [-0.25, -0.2) is 4.98 Å². The third-order valence-corrected chi connectivity index (χ3v) is 3.99. The SMILES string of the molecule is COc1ccccc1C(CO)Nc1nc(Nc2cnn(C)c2)ncc1Cl. The fourth-order valence-corrected chi connectivity index (χ4v) is 2.63. The van der Waals surface area contributed by atoms with Gasteiger partial charge in [-0.2, -0.15) is 10.1 Å². The van der Waals surface area contributed by atoms with E-state index >= 15 is 0 Å². The van der Waals surface area contributed by atoms with E-state index in [1.54, 1.807) is 24.2 Å². The molecule has 0 saturated carbocycles. The number of aliphatic hydroxyl groups excluding tert-OH is 1. The number of aromatic nitrogens is 4. The summed E-state index contributed by atoms with van der Waals surface area (Å²) in [7, 11) is 3.40. The molecule has 136 valence electrons. The Morgan fingerprint density at radius 3 is 2.81 bits per heavy atom. The van der Waals surface area contributed by atoms with Crippen molar-refractivity contribution in [3.8, 4) is 5.75 Å². The van der Waals surface area contributed by atoms with Crippen LogP contribution in [0.15, 0.2) is 42.9 Å². The maximum atomic E-state index is 9.83. The van der Waals surface area contributed by atoms with Crippen LogP contribution >= 0.6 is 11.6 Å². The number of methoxy groups -OCH3 is 1. The van der Waals surface area contributed by atoms with E-state index in [4.69, 9.17) is 16.3 Å². The van der Waals surface area contributed by atoms with Crippen LogP contribution in [0.4, 0.5) is 17.5 Å². The zero-order chi connectivity index (χ0) is 18.5. The van der Waals surface area contributed by atoms with Crippen molar-refractivity contribution in [3.05, 3.63) is 53.4 Å². The summed E-state index contributed by atoms with van der Waals surface area (Å²) in [5.74, 6) is 1.43. The molecule has 0 bridgehead atoms. The Morgan fingerprint density at radius 2 is 2.12 bits per heavy atom. The van der Waals surface area contributed by atoms with Gasteiger partial charge in [0.15, 0.2) is 5.82 Å². The summed E-state index contributed by atoms with van der Waals surface area (Å²) in [5.41, 5.74) is 1.55. The third-order valence-electron chi connectivity index (χ3n) is 3.71. The maximum Gasteiger partial charge on any atom is 0.229 e. The molecule has 2 aromatic heterocycles.